The number of nitrogens with zero attached hydrogens (tertiary/aromatic N) is 4. The number of hydrogen-bond donors (Lipinski definition) is 2. The molecule has 0 spiro atoms. The van der Waals surface area contributed by atoms with Crippen molar-refractivity contribution >= 4 is 22.8 Å². The first kappa shape index (κ1) is 12.6. The number of pyridine rings is 1. The molecule has 0 amide bonds. The van der Waals surface area contributed by atoms with E-state index >= 15 is 0 Å². The minimum Gasteiger partial charge on any atom is -0.372 e. The summed E-state index contributed by atoms with van der Waals surface area (Å²) < 4.78 is 0. The Morgan fingerprint density at radius 2 is 1.91 bits per heavy atom. The van der Waals surface area contributed by atoms with Crippen molar-refractivity contribution in [1.82, 2.24) is 19.9 Å². The van der Waals surface area contributed by atoms with Gasteiger partial charge in [-0.3, -0.25) is 4.90 Å². The molecule has 0 aliphatic carbocycles. The van der Waals surface area contributed by atoms with Gasteiger partial charge >= 0.3 is 0 Å². The van der Waals surface area contributed by atoms with Crippen molar-refractivity contribution in [1.29, 1.82) is 0 Å². The molecule has 2 N–H and O–H groups in total. The topological polar surface area (TPSA) is 65.7 Å². The Morgan fingerprint density at radius 3 is 2.59 bits per heavy atom. The molecule has 3 saturated heterocycles. The van der Waals surface area contributed by atoms with Gasteiger partial charge in [0.15, 0.2) is 5.65 Å². The summed E-state index contributed by atoms with van der Waals surface area (Å²) in [4.78, 5) is 16.5. The van der Waals surface area contributed by atoms with Gasteiger partial charge in [0.2, 0.25) is 5.95 Å². The molecule has 22 heavy (non-hydrogen) atoms. The third-order valence-corrected chi connectivity index (χ3v) is 5.49. The van der Waals surface area contributed by atoms with Gasteiger partial charge in [0.25, 0.3) is 0 Å². The van der Waals surface area contributed by atoms with Crippen molar-refractivity contribution in [2.45, 2.75) is 50.9 Å². The highest BCUT2D eigenvalue weighted by Crippen LogP contribution is 2.56. The standard InChI is InChI=1S/C16H20N6/c1-7-4-8(2)18-15-13(7)14(17-3)20-16(21-15)19-9-5-11-12-6-10(9)22(11)12/h4,9-12H,5-6H2,1-3H3,(H2,17,18,19,20,21)/t9-,10?,11?,12?,22?/m1/s1. The van der Waals surface area contributed by atoms with Gasteiger partial charge in [-0.2, -0.15) is 9.97 Å². The lowest BCUT2D eigenvalue weighted by atomic mass is 9.90. The van der Waals surface area contributed by atoms with Gasteiger partial charge in [0.1, 0.15) is 5.82 Å². The smallest absolute Gasteiger partial charge is 0.227 e. The first-order valence-electron chi connectivity index (χ1n) is 8.03. The van der Waals surface area contributed by atoms with Gasteiger partial charge in [-0.05, 0) is 38.3 Å². The van der Waals surface area contributed by atoms with E-state index in [1.807, 2.05) is 14.0 Å². The lowest BCUT2D eigenvalue weighted by Crippen LogP contribution is -2.45. The van der Waals surface area contributed by atoms with Crippen LogP contribution in [0.3, 0.4) is 0 Å². The van der Waals surface area contributed by atoms with Gasteiger partial charge in [0, 0.05) is 36.9 Å². The van der Waals surface area contributed by atoms with E-state index in [1.54, 1.807) is 0 Å². The summed E-state index contributed by atoms with van der Waals surface area (Å²) in [5.41, 5.74) is 2.93. The Balaban J connectivity index is 1.53. The monoisotopic (exact) mass is 296 g/mol. The molecule has 4 unspecified atom stereocenters. The summed E-state index contributed by atoms with van der Waals surface area (Å²) >= 11 is 0. The Bertz CT molecular complexity index is 784. The Hall–Kier alpha value is -1.95. The number of nitrogens with one attached hydrogen (secondary N) is 2. The molecule has 6 nitrogen and oxygen atoms in total. The molecule has 5 atom stereocenters. The second kappa shape index (κ2) is 4.07. The average Bonchev–Trinajstić information content (AvgIpc) is 2.88. The molecule has 3 aliphatic rings. The van der Waals surface area contributed by atoms with E-state index in [0.717, 1.165) is 40.2 Å². The van der Waals surface area contributed by atoms with Crippen LogP contribution in [0.4, 0.5) is 11.8 Å². The third-order valence-electron chi connectivity index (χ3n) is 5.49. The largest absolute Gasteiger partial charge is 0.372 e. The number of anilines is 2. The molecule has 3 fully saturated rings. The van der Waals surface area contributed by atoms with Gasteiger partial charge in [-0.25, -0.2) is 4.98 Å². The van der Waals surface area contributed by atoms with E-state index in [4.69, 9.17) is 0 Å². The predicted molar refractivity (Wildman–Crippen MR) is 86.2 cm³/mol. The molecule has 2 aromatic heterocycles. The molecule has 5 heterocycles. The summed E-state index contributed by atoms with van der Waals surface area (Å²) in [6.45, 7) is 4.09. The maximum atomic E-state index is 4.67. The first-order chi connectivity index (χ1) is 10.7. The predicted octanol–water partition coefficient (Wildman–Crippen LogP) is 1.69. The highest BCUT2D eigenvalue weighted by atomic mass is 15.5. The van der Waals surface area contributed by atoms with Crippen molar-refractivity contribution in [3.8, 4) is 0 Å². The van der Waals surface area contributed by atoms with Gasteiger partial charge in [0.05, 0.1) is 5.39 Å². The molecule has 114 valence electrons. The fourth-order valence-corrected chi connectivity index (χ4v) is 4.47. The fraction of sp³-hybridized carbons (Fsp3) is 0.562. The fourth-order valence-electron chi connectivity index (χ4n) is 4.47. The first-order valence-corrected chi connectivity index (χ1v) is 8.03. The van der Waals surface area contributed by atoms with Crippen LogP contribution >= 0.6 is 0 Å². The number of piperidine rings is 1. The van der Waals surface area contributed by atoms with Crippen LogP contribution in [0, 0.1) is 13.8 Å². The Morgan fingerprint density at radius 1 is 1.09 bits per heavy atom. The number of hydrogen-bond acceptors (Lipinski definition) is 6. The van der Waals surface area contributed by atoms with E-state index in [-0.39, 0.29) is 0 Å². The average molecular weight is 296 g/mol. The van der Waals surface area contributed by atoms with Gasteiger partial charge in [-0.15, -0.1) is 0 Å². The Labute approximate surface area is 129 Å². The summed E-state index contributed by atoms with van der Waals surface area (Å²) in [5.74, 6) is 1.55. The van der Waals surface area contributed by atoms with Crippen LogP contribution in [0.15, 0.2) is 6.07 Å². The molecule has 0 bridgehead atoms. The molecule has 0 aromatic carbocycles. The number of aromatic nitrogens is 3. The second-order valence-corrected chi connectivity index (χ2v) is 6.80. The summed E-state index contributed by atoms with van der Waals surface area (Å²) in [6, 6.07) is 4.99. The van der Waals surface area contributed by atoms with E-state index in [2.05, 4.69) is 43.5 Å². The molecule has 3 aliphatic heterocycles. The van der Waals surface area contributed by atoms with Gasteiger partial charge in [-0.1, -0.05) is 0 Å². The van der Waals surface area contributed by atoms with Crippen LogP contribution in [0.1, 0.15) is 24.1 Å². The van der Waals surface area contributed by atoms with Crippen LogP contribution in [0.2, 0.25) is 0 Å². The van der Waals surface area contributed by atoms with Crippen molar-refractivity contribution < 1.29 is 0 Å². The van der Waals surface area contributed by atoms with Crippen LogP contribution in [0.5, 0.6) is 0 Å². The SMILES string of the molecule is CNc1nc(N[C@@H]2CC3C4CC2N43)nc2nc(C)cc(C)c12. The molecular weight excluding hydrogens is 276 g/mol. The van der Waals surface area contributed by atoms with Crippen molar-refractivity contribution in [3.05, 3.63) is 17.3 Å². The zero-order chi connectivity index (χ0) is 15.0. The lowest BCUT2D eigenvalue weighted by molar-refractivity contribution is 0.243. The Kier molecular flexibility index (Phi) is 2.33. The van der Waals surface area contributed by atoms with E-state index in [9.17, 15) is 0 Å². The van der Waals surface area contributed by atoms with Crippen molar-refractivity contribution in [2.75, 3.05) is 17.7 Å². The quantitative estimate of drug-likeness (QED) is 0.840. The van der Waals surface area contributed by atoms with Crippen molar-refractivity contribution in [3.63, 3.8) is 0 Å². The lowest BCUT2D eigenvalue weighted by Gasteiger charge is -2.33. The summed E-state index contributed by atoms with van der Waals surface area (Å²) in [6.07, 6.45) is 2.57. The molecule has 0 saturated carbocycles. The third kappa shape index (κ3) is 1.56. The normalized spacial score (nSPS) is 34.2. The maximum absolute atomic E-state index is 4.67. The number of fused-ring (bicyclic) bond motifs is 2. The zero-order valence-electron chi connectivity index (χ0n) is 13.1. The molecule has 6 heteroatoms. The minimum absolute atomic E-state index is 0.489. The van der Waals surface area contributed by atoms with Crippen LogP contribution in [-0.2, 0) is 0 Å². The number of aryl methyl sites for hydroxylation is 2. The molecular formula is C16H20N6. The highest BCUT2D eigenvalue weighted by molar-refractivity contribution is 5.90. The van der Waals surface area contributed by atoms with Crippen LogP contribution in [0.25, 0.3) is 11.0 Å². The minimum atomic E-state index is 0.489. The summed E-state index contributed by atoms with van der Waals surface area (Å²) in [7, 11) is 1.90. The summed E-state index contributed by atoms with van der Waals surface area (Å²) in [5, 5.41) is 7.76. The van der Waals surface area contributed by atoms with E-state index in [1.165, 1.54) is 12.8 Å². The maximum Gasteiger partial charge on any atom is 0.227 e. The second-order valence-electron chi connectivity index (χ2n) is 6.80. The van der Waals surface area contributed by atoms with Gasteiger partial charge < -0.3 is 10.6 Å². The highest BCUT2D eigenvalue weighted by Gasteiger charge is 2.68. The molecule has 2 aromatic rings. The number of rotatable bonds is 3. The van der Waals surface area contributed by atoms with E-state index in [0.29, 0.717) is 18.0 Å². The van der Waals surface area contributed by atoms with E-state index < -0.39 is 0 Å². The van der Waals surface area contributed by atoms with Crippen LogP contribution in [-0.4, -0.2) is 51.1 Å². The molecule has 0 radical (unpaired) electrons. The van der Waals surface area contributed by atoms with Crippen LogP contribution < -0.4 is 10.6 Å². The molecule has 5 rings (SSSR count). The van der Waals surface area contributed by atoms with Crippen molar-refractivity contribution in [2.24, 2.45) is 0 Å². The zero-order valence-corrected chi connectivity index (χ0v) is 13.1.